The molecule has 2 atom stereocenters. The second kappa shape index (κ2) is 8.09. The van der Waals surface area contributed by atoms with E-state index < -0.39 is 60.2 Å². The fourth-order valence-corrected chi connectivity index (χ4v) is 1.79. The van der Waals surface area contributed by atoms with Gasteiger partial charge in [-0.15, -0.1) is 0 Å². The SMILES string of the molecule is CC(=O)OCC(OC(C)=O)C1OC(=O)C(OC(C)=O)=C1OC(C)=O. The standard InChI is InChI=1S/C14H16O10/c1-6(15)20-5-10(21-7(2)16)11-12(22-8(3)17)13(14(19)24-11)23-9(4)18/h10-11H,5H2,1-4H3. The van der Waals surface area contributed by atoms with Crippen LogP contribution in [0.1, 0.15) is 27.7 Å². The van der Waals surface area contributed by atoms with Gasteiger partial charge in [0.1, 0.15) is 6.61 Å². The van der Waals surface area contributed by atoms with Gasteiger partial charge in [0, 0.05) is 27.7 Å². The summed E-state index contributed by atoms with van der Waals surface area (Å²) in [5, 5.41) is 0. The minimum Gasteiger partial charge on any atom is -0.462 e. The predicted octanol–water partition coefficient (Wildman–Crippen LogP) is -0.256. The highest BCUT2D eigenvalue weighted by Gasteiger charge is 2.45. The molecule has 0 spiro atoms. The number of ether oxygens (including phenoxy) is 5. The first-order chi connectivity index (χ1) is 11.1. The van der Waals surface area contributed by atoms with E-state index in [0.717, 1.165) is 27.7 Å². The Morgan fingerprint density at radius 3 is 2.00 bits per heavy atom. The van der Waals surface area contributed by atoms with Crippen LogP contribution < -0.4 is 0 Å². The van der Waals surface area contributed by atoms with Crippen LogP contribution in [0.15, 0.2) is 11.5 Å². The van der Waals surface area contributed by atoms with Gasteiger partial charge in [0.05, 0.1) is 0 Å². The third kappa shape index (κ3) is 5.38. The van der Waals surface area contributed by atoms with Gasteiger partial charge in [0.2, 0.25) is 11.9 Å². The Labute approximate surface area is 136 Å². The largest absolute Gasteiger partial charge is 0.462 e. The highest BCUT2D eigenvalue weighted by atomic mass is 16.7. The molecule has 2 unspecified atom stereocenters. The van der Waals surface area contributed by atoms with Crippen molar-refractivity contribution in [3.05, 3.63) is 11.5 Å². The highest BCUT2D eigenvalue weighted by Crippen LogP contribution is 2.29. The molecule has 1 rings (SSSR count). The van der Waals surface area contributed by atoms with Crippen molar-refractivity contribution in [3.8, 4) is 0 Å². The Kier molecular flexibility index (Phi) is 6.45. The number of hydrogen-bond acceptors (Lipinski definition) is 10. The molecule has 0 radical (unpaired) electrons. The van der Waals surface area contributed by atoms with Crippen molar-refractivity contribution in [1.29, 1.82) is 0 Å². The van der Waals surface area contributed by atoms with Crippen LogP contribution in [0.5, 0.6) is 0 Å². The molecule has 10 heteroatoms. The second-order valence-electron chi connectivity index (χ2n) is 4.66. The zero-order valence-electron chi connectivity index (χ0n) is 13.4. The van der Waals surface area contributed by atoms with Crippen LogP contribution in [-0.2, 0) is 47.7 Å². The van der Waals surface area contributed by atoms with Crippen LogP contribution in [0.2, 0.25) is 0 Å². The average Bonchev–Trinajstić information content (AvgIpc) is 2.70. The topological polar surface area (TPSA) is 132 Å². The van der Waals surface area contributed by atoms with Crippen molar-refractivity contribution in [2.24, 2.45) is 0 Å². The first kappa shape index (κ1) is 19.1. The smallest absolute Gasteiger partial charge is 0.379 e. The second-order valence-corrected chi connectivity index (χ2v) is 4.66. The molecular weight excluding hydrogens is 328 g/mol. The molecule has 1 aliphatic heterocycles. The number of carbonyl (C=O) groups is 5. The molecule has 0 aromatic heterocycles. The first-order valence-corrected chi connectivity index (χ1v) is 6.74. The van der Waals surface area contributed by atoms with E-state index in [1.807, 2.05) is 0 Å². The Hall–Kier alpha value is -2.91. The molecule has 1 aliphatic rings. The number of cyclic esters (lactones) is 1. The molecule has 0 amide bonds. The van der Waals surface area contributed by atoms with Gasteiger partial charge in [0.15, 0.2) is 6.10 Å². The van der Waals surface area contributed by atoms with E-state index in [4.69, 9.17) is 18.9 Å². The summed E-state index contributed by atoms with van der Waals surface area (Å²) in [6.07, 6.45) is -2.71. The van der Waals surface area contributed by atoms with Gasteiger partial charge in [-0.1, -0.05) is 0 Å². The lowest BCUT2D eigenvalue weighted by Gasteiger charge is -2.22. The zero-order chi connectivity index (χ0) is 18.4. The van der Waals surface area contributed by atoms with Gasteiger partial charge in [-0.2, -0.15) is 0 Å². The highest BCUT2D eigenvalue weighted by molar-refractivity contribution is 5.93. The van der Waals surface area contributed by atoms with Crippen LogP contribution in [0, 0.1) is 0 Å². The molecule has 0 saturated carbocycles. The molecule has 0 aromatic carbocycles. The summed E-state index contributed by atoms with van der Waals surface area (Å²) in [6, 6.07) is 0. The van der Waals surface area contributed by atoms with Gasteiger partial charge in [0.25, 0.3) is 5.76 Å². The van der Waals surface area contributed by atoms with Gasteiger partial charge in [-0.3, -0.25) is 19.2 Å². The van der Waals surface area contributed by atoms with E-state index in [0.29, 0.717) is 0 Å². The third-order valence-electron chi connectivity index (χ3n) is 2.51. The normalized spacial score (nSPS) is 17.7. The summed E-state index contributed by atoms with van der Waals surface area (Å²) in [5.74, 6) is -5.28. The fraction of sp³-hybridized carbons (Fsp3) is 0.500. The lowest BCUT2D eigenvalue weighted by atomic mass is 10.1. The number of esters is 5. The Morgan fingerprint density at radius 1 is 0.958 bits per heavy atom. The van der Waals surface area contributed by atoms with E-state index >= 15 is 0 Å². The summed E-state index contributed by atoms with van der Waals surface area (Å²) in [5.41, 5.74) is 0. The van der Waals surface area contributed by atoms with E-state index in [-0.39, 0.29) is 0 Å². The van der Waals surface area contributed by atoms with Gasteiger partial charge in [-0.25, -0.2) is 4.79 Å². The lowest BCUT2D eigenvalue weighted by molar-refractivity contribution is -0.170. The first-order valence-electron chi connectivity index (χ1n) is 6.74. The summed E-state index contributed by atoms with van der Waals surface area (Å²) in [7, 11) is 0. The maximum atomic E-state index is 11.8. The molecular formula is C14H16O10. The maximum absolute atomic E-state index is 11.8. The van der Waals surface area contributed by atoms with Crippen LogP contribution in [-0.4, -0.2) is 48.7 Å². The molecule has 24 heavy (non-hydrogen) atoms. The maximum Gasteiger partial charge on any atom is 0.379 e. The minimum absolute atomic E-state index is 0.443. The average molecular weight is 344 g/mol. The van der Waals surface area contributed by atoms with Crippen molar-refractivity contribution >= 4 is 29.8 Å². The lowest BCUT2D eigenvalue weighted by Crippen LogP contribution is -2.38. The molecule has 10 nitrogen and oxygen atoms in total. The predicted molar refractivity (Wildman–Crippen MR) is 72.6 cm³/mol. The van der Waals surface area contributed by atoms with Crippen LogP contribution in [0.4, 0.5) is 0 Å². The molecule has 0 aliphatic carbocycles. The molecule has 0 saturated heterocycles. The molecule has 0 N–H and O–H groups in total. The molecule has 132 valence electrons. The summed E-state index contributed by atoms with van der Waals surface area (Å²) < 4.78 is 24.2. The van der Waals surface area contributed by atoms with Crippen LogP contribution in [0.3, 0.4) is 0 Å². The van der Waals surface area contributed by atoms with E-state index in [1.165, 1.54) is 0 Å². The van der Waals surface area contributed by atoms with E-state index in [9.17, 15) is 24.0 Å². The summed E-state index contributed by atoms with van der Waals surface area (Å²) in [4.78, 5) is 56.3. The van der Waals surface area contributed by atoms with Crippen molar-refractivity contribution in [2.75, 3.05) is 6.61 Å². The zero-order valence-corrected chi connectivity index (χ0v) is 13.4. The van der Waals surface area contributed by atoms with Gasteiger partial charge in [-0.05, 0) is 0 Å². The van der Waals surface area contributed by atoms with Crippen molar-refractivity contribution < 1.29 is 47.7 Å². The minimum atomic E-state index is -1.42. The van der Waals surface area contributed by atoms with Gasteiger partial charge >= 0.3 is 29.8 Å². The van der Waals surface area contributed by atoms with Crippen LogP contribution >= 0.6 is 0 Å². The number of carbonyl (C=O) groups excluding carboxylic acids is 5. The summed E-state index contributed by atoms with van der Waals surface area (Å²) in [6.45, 7) is 3.82. The Morgan fingerprint density at radius 2 is 1.54 bits per heavy atom. The Balaban J connectivity index is 3.18. The number of rotatable bonds is 6. The third-order valence-corrected chi connectivity index (χ3v) is 2.51. The Bertz CT molecular complexity index is 603. The van der Waals surface area contributed by atoms with Crippen molar-refractivity contribution in [2.45, 2.75) is 39.9 Å². The van der Waals surface area contributed by atoms with Crippen LogP contribution in [0.25, 0.3) is 0 Å². The van der Waals surface area contributed by atoms with Crippen molar-refractivity contribution in [3.63, 3.8) is 0 Å². The van der Waals surface area contributed by atoms with E-state index in [2.05, 4.69) is 4.74 Å². The fourth-order valence-electron chi connectivity index (χ4n) is 1.79. The molecule has 0 aromatic rings. The summed E-state index contributed by atoms with van der Waals surface area (Å²) >= 11 is 0. The number of hydrogen-bond donors (Lipinski definition) is 0. The van der Waals surface area contributed by atoms with Gasteiger partial charge < -0.3 is 23.7 Å². The molecule has 0 fully saturated rings. The quantitative estimate of drug-likeness (QED) is 0.469. The molecule has 1 heterocycles. The van der Waals surface area contributed by atoms with Crippen molar-refractivity contribution in [1.82, 2.24) is 0 Å². The van der Waals surface area contributed by atoms with E-state index in [1.54, 1.807) is 0 Å². The monoisotopic (exact) mass is 344 g/mol. The molecule has 0 bridgehead atoms.